The molecule has 0 aromatic heterocycles. The number of urea groups is 1. The number of hydrogen-bond acceptors (Lipinski definition) is 2. The molecule has 0 aliphatic rings. The topological polar surface area (TPSA) is 78.4 Å². The number of carboxylic acids is 1. The lowest BCUT2D eigenvalue weighted by Gasteiger charge is -2.17. The van der Waals surface area contributed by atoms with Crippen LogP contribution in [0.4, 0.5) is 23.7 Å². The van der Waals surface area contributed by atoms with E-state index in [-0.39, 0.29) is 18.4 Å². The molecule has 5 nitrogen and oxygen atoms in total. The van der Waals surface area contributed by atoms with E-state index in [1.54, 1.807) is 13.8 Å². The Morgan fingerprint density at radius 1 is 1.14 bits per heavy atom. The number of anilines is 1. The number of nitrogens with one attached hydrogen (secondary N) is 2. The Hall–Kier alpha value is -2.25. The molecule has 1 atom stereocenters. The number of aliphatic carboxylic acids is 1. The molecule has 8 heteroatoms. The minimum Gasteiger partial charge on any atom is -0.480 e. The Morgan fingerprint density at radius 2 is 1.71 bits per heavy atom. The van der Waals surface area contributed by atoms with Gasteiger partial charge in [-0.05, 0) is 12.3 Å². The SMILES string of the molecule is CC(C)C[C@@H](NC(=O)Nc1cc(F)c(F)cc1F)C(=O)O. The first kappa shape index (κ1) is 16.8. The van der Waals surface area contributed by atoms with Crippen LogP contribution in [0.3, 0.4) is 0 Å². The molecule has 0 spiro atoms. The van der Waals surface area contributed by atoms with Crippen LogP contribution in [0.1, 0.15) is 20.3 Å². The highest BCUT2D eigenvalue weighted by Gasteiger charge is 2.22. The molecule has 2 amide bonds. The van der Waals surface area contributed by atoms with Crippen molar-refractivity contribution < 1.29 is 27.9 Å². The van der Waals surface area contributed by atoms with Gasteiger partial charge in [0.2, 0.25) is 0 Å². The summed E-state index contributed by atoms with van der Waals surface area (Å²) < 4.78 is 39.0. The molecule has 0 saturated carbocycles. The van der Waals surface area contributed by atoms with Crippen molar-refractivity contribution >= 4 is 17.7 Å². The van der Waals surface area contributed by atoms with Crippen molar-refractivity contribution in [3.63, 3.8) is 0 Å². The number of benzene rings is 1. The Kier molecular flexibility index (Phi) is 5.57. The number of carboxylic acid groups (broad SMARTS) is 1. The second-order valence-electron chi connectivity index (χ2n) is 4.86. The lowest BCUT2D eigenvalue weighted by Crippen LogP contribution is -2.43. The fourth-order valence-corrected chi connectivity index (χ4v) is 1.63. The van der Waals surface area contributed by atoms with Crippen LogP contribution in [0.5, 0.6) is 0 Å². The third kappa shape index (κ3) is 4.97. The molecule has 0 radical (unpaired) electrons. The average Bonchev–Trinajstić information content (AvgIpc) is 2.34. The van der Waals surface area contributed by atoms with Crippen LogP contribution in [-0.2, 0) is 4.79 Å². The zero-order chi connectivity index (χ0) is 16.2. The molecule has 0 unspecified atom stereocenters. The normalized spacial score (nSPS) is 12.1. The average molecular weight is 304 g/mol. The third-order valence-electron chi connectivity index (χ3n) is 2.57. The van der Waals surface area contributed by atoms with Crippen LogP contribution >= 0.6 is 0 Å². The third-order valence-corrected chi connectivity index (χ3v) is 2.57. The van der Waals surface area contributed by atoms with E-state index >= 15 is 0 Å². The van der Waals surface area contributed by atoms with Gasteiger partial charge in [0.05, 0.1) is 5.69 Å². The van der Waals surface area contributed by atoms with Gasteiger partial charge in [-0.2, -0.15) is 0 Å². The fraction of sp³-hybridized carbons (Fsp3) is 0.385. The summed E-state index contributed by atoms with van der Waals surface area (Å²) in [4.78, 5) is 22.6. The quantitative estimate of drug-likeness (QED) is 0.732. The zero-order valence-electron chi connectivity index (χ0n) is 11.4. The Balaban J connectivity index is 2.77. The van der Waals surface area contributed by atoms with Gasteiger partial charge in [-0.25, -0.2) is 22.8 Å². The molecular formula is C13H15F3N2O3. The molecule has 1 rings (SSSR count). The van der Waals surface area contributed by atoms with Crippen LogP contribution in [0.15, 0.2) is 12.1 Å². The smallest absolute Gasteiger partial charge is 0.326 e. The van der Waals surface area contributed by atoms with E-state index in [1.807, 2.05) is 5.32 Å². The van der Waals surface area contributed by atoms with Crippen LogP contribution in [0.25, 0.3) is 0 Å². The maximum Gasteiger partial charge on any atom is 0.326 e. The van der Waals surface area contributed by atoms with Crippen molar-refractivity contribution in [1.82, 2.24) is 5.32 Å². The molecule has 0 saturated heterocycles. The molecule has 0 aliphatic carbocycles. The van der Waals surface area contributed by atoms with Gasteiger partial charge in [-0.1, -0.05) is 13.8 Å². The van der Waals surface area contributed by atoms with Gasteiger partial charge in [0.1, 0.15) is 11.9 Å². The van der Waals surface area contributed by atoms with Crippen molar-refractivity contribution in [3.05, 3.63) is 29.6 Å². The van der Waals surface area contributed by atoms with E-state index < -0.39 is 41.2 Å². The molecular weight excluding hydrogens is 289 g/mol. The molecule has 3 N–H and O–H groups in total. The number of rotatable bonds is 5. The standard InChI is InChI=1S/C13H15F3N2O3/c1-6(2)3-11(12(19)20)18-13(21)17-10-5-8(15)7(14)4-9(10)16/h4-6,11H,3H2,1-2H3,(H,19,20)(H2,17,18,21)/t11-/m1/s1. The highest BCUT2D eigenvalue weighted by molar-refractivity contribution is 5.92. The predicted octanol–water partition coefficient (Wildman–Crippen LogP) is 2.72. The Labute approximate surface area is 119 Å². The van der Waals surface area contributed by atoms with Crippen LogP contribution in [-0.4, -0.2) is 23.1 Å². The summed E-state index contributed by atoms with van der Waals surface area (Å²) in [6, 6.07) is -1.43. The monoisotopic (exact) mass is 304 g/mol. The molecule has 0 heterocycles. The summed E-state index contributed by atoms with van der Waals surface area (Å²) in [6.45, 7) is 3.54. The fourth-order valence-electron chi connectivity index (χ4n) is 1.63. The number of carbonyl (C=O) groups excluding carboxylic acids is 1. The van der Waals surface area contributed by atoms with Crippen LogP contribution < -0.4 is 10.6 Å². The van der Waals surface area contributed by atoms with Gasteiger partial charge >= 0.3 is 12.0 Å². The molecule has 0 fully saturated rings. The lowest BCUT2D eigenvalue weighted by molar-refractivity contribution is -0.139. The first-order valence-corrected chi connectivity index (χ1v) is 6.15. The van der Waals surface area contributed by atoms with Crippen molar-refractivity contribution in [2.45, 2.75) is 26.3 Å². The molecule has 21 heavy (non-hydrogen) atoms. The van der Waals surface area contributed by atoms with Crippen molar-refractivity contribution in [1.29, 1.82) is 0 Å². The summed E-state index contributed by atoms with van der Waals surface area (Å²) >= 11 is 0. The molecule has 0 aliphatic heterocycles. The van der Waals surface area contributed by atoms with Gasteiger partial charge in [0, 0.05) is 12.1 Å². The maximum absolute atomic E-state index is 13.3. The van der Waals surface area contributed by atoms with Gasteiger partial charge in [-0.15, -0.1) is 0 Å². The Morgan fingerprint density at radius 3 is 2.24 bits per heavy atom. The van der Waals surface area contributed by atoms with Crippen molar-refractivity contribution in [3.8, 4) is 0 Å². The summed E-state index contributed by atoms with van der Waals surface area (Å²) in [7, 11) is 0. The van der Waals surface area contributed by atoms with Gasteiger partial charge in [0.15, 0.2) is 11.6 Å². The molecule has 116 valence electrons. The zero-order valence-corrected chi connectivity index (χ0v) is 11.4. The first-order chi connectivity index (χ1) is 9.70. The van der Waals surface area contributed by atoms with Crippen LogP contribution in [0.2, 0.25) is 0 Å². The number of halogens is 3. The summed E-state index contributed by atoms with van der Waals surface area (Å²) in [5, 5.41) is 13.0. The van der Waals surface area contributed by atoms with E-state index in [4.69, 9.17) is 5.11 Å². The minimum atomic E-state index is -1.39. The number of carbonyl (C=O) groups is 2. The van der Waals surface area contributed by atoms with Gasteiger partial charge < -0.3 is 15.7 Å². The highest BCUT2D eigenvalue weighted by atomic mass is 19.2. The van der Waals surface area contributed by atoms with Gasteiger partial charge in [0.25, 0.3) is 0 Å². The molecule has 1 aromatic rings. The van der Waals surface area contributed by atoms with E-state index in [2.05, 4.69) is 5.32 Å². The molecule has 0 bridgehead atoms. The molecule has 1 aromatic carbocycles. The van der Waals surface area contributed by atoms with E-state index in [1.165, 1.54) is 0 Å². The number of hydrogen-bond donors (Lipinski definition) is 3. The summed E-state index contributed by atoms with van der Waals surface area (Å²) in [5.41, 5.74) is -0.583. The Bertz CT molecular complexity index is 550. The van der Waals surface area contributed by atoms with Gasteiger partial charge in [-0.3, -0.25) is 0 Å². The second-order valence-corrected chi connectivity index (χ2v) is 4.86. The summed E-state index contributed by atoms with van der Waals surface area (Å²) in [6.07, 6.45) is 0.170. The van der Waals surface area contributed by atoms with E-state index in [0.29, 0.717) is 6.07 Å². The largest absolute Gasteiger partial charge is 0.480 e. The van der Waals surface area contributed by atoms with Crippen molar-refractivity contribution in [2.75, 3.05) is 5.32 Å². The predicted molar refractivity (Wildman–Crippen MR) is 69.3 cm³/mol. The van der Waals surface area contributed by atoms with E-state index in [0.717, 1.165) is 0 Å². The maximum atomic E-state index is 13.3. The number of amides is 2. The summed E-state index contributed by atoms with van der Waals surface area (Å²) in [5.74, 6) is -5.12. The van der Waals surface area contributed by atoms with E-state index in [9.17, 15) is 22.8 Å². The highest BCUT2D eigenvalue weighted by Crippen LogP contribution is 2.18. The lowest BCUT2D eigenvalue weighted by atomic mass is 10.0. The second kappa shape index (κ2) is 6.96. The van der Waals surface area contributed by atoms with Crippen LogP contribution in [0, 0.1) is 23.4 Å². The first-order valence-electron chi connectivity index (χ1n) is 6.15. The van der Waals surface area contributed by atoms with Crippen molar-refractivity contribution in [2.24, 2.45) is 5.92 Å². The minimum absolute atomic E-state index is 0.00593.